The molecule has 8 heteroatoms. The standard InChI is InChI=1S/C17H26N6O2/c1-11(2)16-14(10-22(4)20-16)19-17(24)23-7-5-6-13(9-23)8-15-18-12(3)25-21-15/h10-11,13H,5-9H2,1-4H3,(H,19,24)/t13-/m1/s1. The summed E-state index contributed by atoms with van der Waals surface area (Å²) < 4.78 is 6.77. The van der Waals surface area contributed by atoms with Crippen LogP contribution in [0.5, 0.6) is 0 Å². The van der Waals surface area contributed by atoms with Crippen molar-refractivity contribution in [1.29, 1.82) is 0 Å². The number of aromatic nitrogens is 4. The average Bonchev–Trinajstić information content (AvgIpc) is 3.13. The van der Waals surface area contributed by atoms with Gasteiger partial charge in [0.2, 0.25) is 5.89 Å². The maximum absolute atomic E-state index is 12.7. The second-order valence-corrected chi connectivity index (χ2v) is 7.07. The van der Waals surface area contributed by atoms with E-state index in [0.717, 1.165) is 43.0 Å². The molecule has 8 nitrogen and oxygen atoms in total. The van der Waals surface area contributed by atoms with E-state index in [0.29, 0.717) is 18.4 Å². The molecule has 2 amide bonds. The van der Waals surface area contributed by atoms with Crippen molar-refractivity contribution in [2.45, 2.75) is 46.0 Å². The summed E-state index contributed by atoms with van der Waals surface area (Å²) >= 11 is 0. The lowest BCUT2D eigenvalue weighted by atomic mass is 9.95. The summed E-state index contributed by atoms with van der Waals surface area (Å²) in [6.45, 7) is 7.41. The van der Waals surface area contributed by atoms with Gasteiger partial charge in [0.25, 0.3) is 0 Å². The molecule has 1 fully saturated rings. The van der Waals surface area contributed by atoms with Crippen LogP contribution < -0.4 is 5.32 Å². The van der Waals surface area contributed by atoms with Gasteiger partial charge in [-0.2, -0.15) is 10.1 Å². The number of nitrogens with zero attached hydrogens (tertiary/aromatic N) is 5. The number of carbonyl (C=O) groups is 1. The zero-order valence-corrected chi connectivity index (χ0v) is 15.3. The molecule has 0 aliphatic carbocycles. The molecular weight excluding hydrogens is 320 g/mol. The number of anilines is 1. The van der Waals surface area contributed by atoms with Crippen molar-refractivity contribution in [3.63, 3.8) is 0 Å². The van der Waals surface area contributed by atoms with Gasteiger partial charge in [-0.3, -0.25) is 4.68 Å². The third-order valence-electron chi connectivity index (χ3n) is 4.49. The fourth-order valence-electron chi connectivity index (χ4n) is 3.32. The first kappa shape index (κ1) is 17.4. The van der Waals surface area contributed by atoms with E-state index in [1.165, 1.54) is 0 Å². The van der Waals surface area contributed by atoms with Crippen molar-refractivity contribution >= 4 is 11.7 Å². The number of urea groups is 1. The number of rotatable bonds is 4. The number of carbonyl (C=O) groups excluding carboxylic acids is 1. The van der Waals surface area contributed by atoms with E-state index in [4.69, 9.17) is 4.52 Å². The number of aryl methyl sites for hydroxylation is 2. The third-order valence-corrected chi connectivity index (χ3v) is 4.49. The maximum Gasteiger partial charge on any atom is 0.321 e. The van der Waals surface area contributed by atoms with Crippen molar-refractivity contribution in [2.75, 3.05) is 18.4 Å². The molecule has 0 bridgehead atoms. The number of likely N-dealkylation sites (tertiary alicyclic amines) is 1. The summed E-state index contributed by atoms with van der Waals surface area (Å²) in [5.41, 5.74) is 1.70. The Hall–Kier alpha value is -2.38. The van der Waals surface area contributed by atoms with E-state index in [9.17, 15) is 4.79 Å². The van der Waals surface area contributed by atoms with Crippen LogP contribution in [0.15, 0.2) is 10.7 Å². The number of amides is 2. The predicted molar refractivity (Wildman–Crippen MR) is 93.4 cm³/mol. The summed E-state index contributed by atoms with van der Waals surface area (Å²) in [5.74, 6) is 1.92. The second-order valence-electron chi connectivity index (χ2n) is 7.07. The van der Waals surface area contributed by atoms with Gasteiger partial charge < -0.3 is 14.7 Å². The highest BCUT2D eigenvalue weighted by Crippen LogP contribution is 2.24. The Morgan fingerprint density at radius 1 is 1.48 bits per heavy atom. The van der Waals surface area contributed by atoms with Crippen LogP contribution in [0.1, 0.15) is 50.0 Å². The summed E-state index contributed by atoms with van der Waals surface area (Å²) in [6.07, 6.45) is 4.66. The van der Waals surface area contributed by atoms with Crippen LogP contribution in [0.25, 0.3) is 0 Å². The van der Waals surface area contributed by atoms with Gasteiger partial charge in [-0.15, -0.1) is 0 Å². The molecule has 25 heavy (non-hydrogen) atoms. The minimum absolute atomic E-state index is 0.0658. The summed E-state index contributed by atoms with van der Waals surface area (Å²) in [6, 6.07) is -0.0658. The number of nitrogens with one attached hydrogen (secondary N) is 1. The molecule has 1 aliphatic rings. The minimum atomic E-state index is -0.0658. The zero-order valence-electron chi connectivity index (χ0n) is 15.3. The van der Waals surface area contributed by atoms with Gasteiger partial charge >= 0.3 is 6.03 Å². The van der Waals surface area contributed by atoms with Crippen LogP contribution in [0, 0.1) is 12.8 Å². The average molecular weight is 346 g/mol. The first-order valence-electron chi connectivity index (χ1n) is 8.81. The normalized spacial score (nSPS) is 18.0. The van der Waals surface area contributed by atoms with Crippen molar-refractivity contribution in [3.05, 3.63) is 23.6 Å². The van der Waals surface area contributed by atoms with Crippen molar-refractivity contribution in [1.82, 2.24) is 24.8 Å². The number of hydrogen-bond acceptors (Lipinski definition) is 5. The fraction of sp³-hybridized carbons (Fsp3) is 0.647. The quantitative estimate of drug-likeness (QED) is 0.919. The zero-order chi connectivity index (χ0) is 18.0. The van der Waals surface area contributed by atoms with Crippen LogP contribution in [-0.4, -0.2) is 43.9 Å². The first-order chi connectivity index (χ1) is 11.9. The van der Waals surface area contributed by atoms with E-state index in [1.54, 1.807) is 11.6 Å². The highest BCUT2D eigenvalue weighted by atomic mass is 16.5. The predicted octanol–water partition coefficient (Wildman–Crippen LogP) is 2.72. The molecule has 0 unspecified atom stereocenters. The van der Waals surface area contributed by atoms with Crippen LogP contribution >= 0.6 is 0 Å². The smallest absolute Gasteiger partial charge is 0.321 e. The molecule has 0 radical (unpaired) electrons. The summed E-state index contributed by atoms with van der Waals surface area (Å²) in [7, 11) is 1.87. The summed E-state index contributed by atoms with van der Waals surface area (Å²) in [5, 5.41) is 11.4. The van der Waals surface area contributed by atoms with Crippen molar-refractivity contribution < 1.29 is 9.32 Å². The molecule has 2 aromatic heterocycles. The fourth-order valence-corrected chi connectivity index (χ4v) is 3.32. The minimum Gasteiger partial charge on any atom is -0.340 e. The van der Waals surface area contributed by atoms with Gasteiger partial charge in [0, 0.05) is 39.7 Å². The molecule has 3 heterocycles. The van der Waals surface area contributed by atoms with Gasteiger partial charge in [0.05, 0.1) is 11.4 Å². The Labute approximate surface area is 147 Å². The Morgan fingerprint density at radius 3 is 2.96 bits per heavy atom. The first-order valence-corrected chi connectivity index (χ1v) is 8.81. The molecule has 1 N–H and O–H groups in total. The van der Waals surface area contributed by atoms with Crippen LogP contribution in [0.3, 0.4) is 0 Å². The molecule has 1 aliphatic heterocycles. The molecule has 0 aromatic carbocycles. The lowest BCUT2D eigenvalue weighted by Crippen LogP contribution is -2.43. The number of hydrogen-bond donors (Lipinski definition) is 1. The molecule has 2 aromatic rings. The maximum atomic E-state index is 12.7. The second kappa shape index (κ2) is 7.25. The molecule has 0 saturated carbocycles. The monoisotopic (exact) mass is 346 g/mol. The van der Waals surface area contributed by atoms with Crippen molar-refractivity contribution in [2.24, 2.45) is 13.0 Å². The lowest BCUT2D eigenvalue weighted by Gasteiger charge is -2.32. The largest absolute Gasteiger partial charge is 0.340 e. The lowest BCUT2D eigenvalue weighted by molar-refractivity contribution is 0.176. The highest BCUT2D eigenvalue weighted by molar-refractivity contribution is 5.90. The Balaban J connectivity index is 1.62. The van der Waals surface area contributed by atoms with E-state index in [-0.39, 0.29) is 11.9 Å². The van der Waals surface area contributed by atoms with E-state index >= 15 is 0 Å². The number of piperidine rings is 1. The molecule has 136 valence electrons. The molecule has 3 rings (SSSR count). The van der Waals surface area contributed by atoms with Crippen LogP contribution in [0.4, 0.5) is 10.5 Å². The molecule has 1 saturated heterocycles. The topological polar surface area (TPSA) is 89.1 Å². The molecule has 0 spiro atoms. The highest BCUT2D eigenvalue weighted by Gasteiger charge is 2.26. The molecular formula is C17H26N6O2. The van der Waals surface area contributed by atoms with Gasteiger partial charge in [-0.25, -0.2) is 4.79 Å². The SMILES string of the molecule is Cc1nc(C[C@H]2CCCN(C(=O)Nc3cn(C)nc3C(C)C)C2)no1. The van der Waals surface area contributed by atoms with E-state index in [1.807, 2.05) is 18.1 Å². The van der Waals surface area contributed by atoms with Gasteiger partial charge in [-0.1, -0.05) is 19.0 Å². The third kappa shape index (κ3) is 4.18. The van der Waals surface area contributed by atoms with Gasteiger partial charge in [-0.05, 0) is 24.7 Å². The Kier molecular flexibility index (Phi) is 5.06. The summed E-state index contributed by atoms with van der Waals surface area (Å²) in [4.78, 5) is 18.8. The Bertz CT molecular complexity index is 735. The van der Waals surface area contributed by atoms with Crippen LogP contribution in [0.2, 0.25) is 0 Å². The van der Waals surface area contributed by atoms with Gasteiger partial charge in [0.1, 0.15) is 0 Å². The van der Waals surface area contributed by atoms with Crippen LogP contribution in [-0.2, 0) is 13.5 Å². The molecule has 1 atom stereocenters. The Morgan fingerprint density at radius 2 is 2.28 bits per heavy atom. The van der Waals surface area contributed by atoms with E-state index in [2.05, 4.69) is 34.4 Å². The van der Waals surface area contributed by atoms with Gasteiger partial charge in [0.15, 0.2) is 5.82 Å². The van der Waals surface area contributed by atoms with Crippen molar-refractivity contribution in [3.8, 4) is 0 Å². The van der Waals surface area contributed by atoms with E-state index < -0.39 is 0 Å².